The molecule has 0 aromatic heterocycles. The topological polar surface area (TPSA) is 0 Å². The predicted molar refractivity (Wildman–Crippen MR) is 47.4 cm³/mol. The molecule has 0 saturated heterocycles. The maximum absolute atomic E-state index is 2.37. The van der Waals surface area contributed by atoms with Gasteiger partial charge in [-0.15, -0.1) is 0 Å². The second kappa shape index (κ2) is 3.16. The molecule has 0 N–H and O–H groups in total. The molecule has 0 radical (unpaired) electrons. The Balaban J connectivity index is 2.39. The SMILES string of the molecule is CC1=[C]([Ti])C(C)C2=C1CCCC2. The Morgan fingerprint density at radius 3 is 2.58 bits per heavy atom. The summed E-state index contributed by atoms with van der Waals surface area (Å²) in [5.41, 5.74) is 5.08. The minimum absolute atomic E-state index is 0.764. The van der Waals surface area contributed by atoms with Gasteiger partial charge in [0.1, 0.15) is 0 Å². The molecule has 0 aromatic carbocycles. The molecule has 0 saturated carbocycles. The molecule has 0 spiro atoms. The van der Waals surface area contributed by atoms with Crippen molar-refractivity contribution < 1.29 is 20.4 Å². The zero-order valence-corrected chi connectivity index (χ0v) is 9.47. The third-order valence-corrected chi connectivity index (χ3v) is 4.58. The van der Waals surface area contributed by atoms with Gasteiger partial charge in [0.25, 0.3) is 0 Å². The Hall–Kier alpha value is 0.194. The fourth-order valence-corrected chi connectivity index (χ4v) is 3.00. The van der Waals surface area contributed by atoms with Crippen molar-refractivity contribution in [3.63, 3.8) is 0 Å². The number of allylic oxidation sites excluding steroid dienone is 4. The monoisotopic (exact) mass is 195 g/mol. The van der Waals surface area contributed by atoms with E-state index in [1.165, 1.54) is 25.7 Å². The van der Waals surface area contributed by atoms with E-state index >= 15 is 0 Å². The van der Waals surface area contributed by atoms with Crippen LogP contribution in [0.2, 0.25) is 0 Å². The molecule has 0 heterocycles. The fourth-order valence-electron chi connectivity index (χ4n) is 2.50. The predicted octanol–water partition coefficient (Wildman–Crippen LogP) is 3.33. The van der Waals surface area contributed by atoms with E-state index in [1.54, 1.807) is 20.6 Å². The summed E-state index contributed by atoms with van der Waals surface area (Å²) in [7, 11) is 0. The van der Waals surface area contributed by atoms with Gasteiger partial charge in [-0.1, -0.05) is 0 Å². The molecule has 2 aliphatic rings. The van der Waals surface area contributed by atoms with Crippen LogP contribution in [0.3, 0.4) is 0 Å². The van der Waals surface area contributed by atoms with Crippen LogP contribution in [-0.4, -0.2) is 0 Å². The summed E-state index contributed by atoms with van der Waals surface area (Å²) in [6, 6.07) is 0. The number of rotatable bonds is 0. The molecule has 63 valence electrons. The van der Waals surface area contributed by atoms with E-state index in [0.717, 1.165) is 5.92 Å². The fraction of sp³-hybridized carbons (Fsp3) is 0.636. The van der Waals surface area contributed by atoms with Gasteiger partial charge in [0.15, 0.2) is 0 Å². The van der Waals surface area contributed by atoms with Crippen LogP contribution in [0.1, 0.15) is 39.5 Å². The second-order valence-electron chi connectivity index (χ2n) is 3.97. The molecule has 1 heteroatoms. The first-order chi connectivity index (χ1) is 5.72. The van der Waals surface area contributed by atoms with Gasteiger partial charge >= 0.3 is 86.5 Å². The van der Waals surface area contributed by atoms with Gasteiger partial charge in [-0.2, -0.15) is 0 Å². The quantitative estimate of drug-likeness (QED) is 0.520. The van der Waals surface area contributed by atoms with Crippen LogP contribution in [-0.2, 0) is 20.4 Å². The van der Waals surface area contributed by atoms with Crippen molar-refractivity contribution in [2.75, 3.05) is 0 Å². The van der Waals surface area contributed by atoms with Gasteiger partial charge in [0.2, 0.25) is 0 Å². The molecule has 1 unspecified atom stereocenters. The summed E-state index contributed by atoms with van der Waals surface area (Å²) in [5, 5.41) is 0. The number of hydrogen-bond acceptors (Lipinski definition) is 0. The summed E-state index contributed by atoms with van der Waals surface area (Å²) in [5.74, 6) is 0.764. The minimum atomic E-state index is 0.764. The molecule has 0 bridgehead atoms. The zero-order chi connectivity index (χ0) is 8.72. The third kappa shape index (κ3) is 1.17. The van der Waals surface area contributed by atoms with Crippen LogP contribution in [0.25, 0.3) is 0 Å². The van der Waals surface area contributed by atoms with Crippen LogP contribution in [0.15, 0.2) is 20.6 Å². The van der Waals surface area contributed by atoms with E-state index in [0.29, 0.717) is 0 Å². The van der Waals surface area contributed by atoms with Crippen LogP contribution in [0.5, 0.6) is 0 Å². The Bertz CT molecular complexity index is 271. The molecule has 0 amide bonds. The first-order valence-electron chi connectivity index (χ1n) is 4.86. The molecule has 2 aliphatic carbocycles. The first-order valence-corrected chi connectivity index (χ1v) is 5.64. The summed E-state index contributed by atoms with van der Waals surface area (Å²) < 4.78 is 1.63. The van der Waals surface area contributed by atoms with Crippen LogP contribution < -0.4 is 0 Å². The third-order valence-electron chi connectivity index (χ3n) is 3.32. The molecule has 2 rings (SSSR count). The average Bonchev–Trinajstić information content (AvgIpc) is 2.33. The van der Waals surface area contributed by atoms with E-state index < -0.39 is 0 Å². The van der Waals surface area contributed by atoms with Crippen molar-refractivity contribution in [3.8, 4) is 0 Å². The van der Waals surface area contributed by atoms with Crippen molar-refractivity contribution in [1.82, 2.24) is 0 Å². The van der Waals surface area contributed by atoms with Gasteiger partial charge in [-0.3, -0.25) is 0 Å². The van der Waals surface area contributed by atoms with Gasteiger partial charge in [0.05, 0.1) is 0 Å². The average molecular weight is 195 g/mol. The van der Waals surface area contributed by atoms with Crippen molar-refractivity contribution in [2.24, 2.45) is 5.92 Å². The Morgan fingerprint density at radius 1 is 1.25 bits per heavy atom. The van der Waals surface area contributed by atoms with Gasteiger partial charge in [-0.25, -0.2) is 0 Å². The van der Waals surface area contributed by atoms with Crippen molar-refractivity contribution >= 4 is 0 Å². The molecule has 12 heavy (non-hydrogen) atoms. The maximum atomic E-state index is 2.37. The Morgan fingerprint density at radius 2 is 1.92 bits per heavy atom. The van der Waals surface area contributed by atoms with Crippen molar-refractivity contribution in [3.05, 3.63) is 20.6 Å². The van der Waals surface area contributed by atoms with E-state index in [4.69, 9.17) is 0 Å². The van der Waals surface area contributed by atoms with Crippen LogP contribution in [0.4, 0.5) is 0 Å². The van der Waals surface area contributed by atoms with Crippen molar-refractivity contribution in [2.45, 2.75) is 39.5 Å². The normalized spacial score (nSPS) is 29.6. The second-order valence-corrected chi connectivity index (χ2v) is 4.81. The van der Waals surface area contributed by atoms with Gasteiger partial charge < -0.3 is 0 Å². The van der Waals surface area contributed by atoms with Gasteiger partial charge in [0, 0.05) is 0 Å². The van der Waals surface area contributed by atoms with Crippen LogP contribution in [0, 0.1) is 5.92 Å². The van der Waals surface area contributed by atoms with E-state index in [-0.39, 0.29) is 0 Å². The zero-order valence-electron chi connectivity index (χ0n) is 7.91. The van der Waals surface area contributed by atoms with E-state index in [2.05, 4.69) is 34.3 Å². The van der Waals surface area contributed by atoms with Gasteiger partial charge in [-0.05, 0) is 0 Å². The molecule has 1 atom stereocenters. The summed E-state index contributed by atoms with van der Waals surface area (Å²) in [6.07, 6.45) is 5.55. The van der Waals surface area contributed by atoms with Crippen molar-refractivity contribution in [1.29, 1.82) is 0 Å². The Kier molecular flexibility index (Phi) is 2.31. The molecular weight excluding hydrogens is 180 g/mol. The van der Waals surface area contributed by atoms with Crippen LogP contribution >= 0.6 is 0 Å². The molecule has 0 aliphatic heterocycles. The van der Waals surface area contributed by atoms with E-state index in [9.17, 15) is 0 Å². The first kappa shape index (κ1) is 8.78. The standard InChI is InChI=1S/C11H15.Ti/c1-8-7-9(2)11-6-4-3-5-10(8)11;/h8H,3-6H2,1-2H3;. The summed E-state index contributed by atoms with van der Waals surface area (Å²) in [4.78, 5) is 0. The molecule has 0 nitrogen and oxygen atoms in total. The molecule has 0 aromatic rings. The summed E-state index contributed by atoms with van der Waals surface area (Å²) >= 11 is 2.30. The number of hydrogen-bond donors (Lipinski definition) is 0. The molecular formula is C11H15Ti. The Labute approximate surface area is 86.5 Å². The molecule has 0 fully saturated rings. The van der Waals surface area contributed by atoms with E-state index in [1.807, 2.05) is 0 Å². The summed E-state index contributed by atoms with van der Waals surface area (Å²) in [6.45, 7) is 4.67.